The fraction of sp³-hybridized carbons (Fsp3) is 0.706. The molecule has 0 amide bonds. The second kappa shape index (κ2) is 7.34. The number of likely N-dealkylation sites (N-methyl/N-ethyl adjacent to an activating group) is 1. The van der Waals surface area contributed by atoms with E-state index in [1.165, 1.54) is 12.8 Å². The van der Waals surface area contributed by atoms with E-state index in [2.05, 4.69) is 42.2 Å². The highest BCUT2D eigenvalue weighted by atomic mass is 16.3. The monoisotopic (exact) mass is 291 g/mol. The van der Waals surface area contributed by atoms with E-state index in [0.29, 0.717) is 12.0 Å². The van der Waals surface area contributed by atoms with Crippen LogP contribution in [0, 0.1) is 5.92 Å². The zero-order valence-corrected chi connectivity index (χ0v) is 13.5. The number of aliphatic hydroxyl groups is 1. The maximum Gasteiger partial charge on any atom is 0.0628 e. The summed E-state index contributed by atoms with van der Waals surface area (Å²) in [6, 6.07) is 6.44. The summed E-state index contributed by atoms with van der Waals surface area (Å²) in [7, 11) is 2.14. The molecule has 1 aliphatic carbocycles. The Kier molecular flexibility index (Phi) is 5.73. The van der Waals surface area contributed by atoms with Crippen molar-refractivity contribution in [3.63, 3.8) is 0 Å². The molecule has 4 nitrogen and oxygen atoms in total. The van der Waals surface area contributed by atoms with Crippen LogP contribution in [0.5, 0.6) is 0 Å². The molecule has 1 aliphatic rings. The first-order chi connectivity index (χ1) is 10.1. The Morgan fingerprint density at radius 2 is 2.19 bits per heavy atom. The summed E-state index contributed by atoms with van der Waals surface area (Å²) in [6.07, 6.45) is 5.26. The van der Waals surface area contributed by atoms with E-state index in [4.69, 9.17) is 0 Å². The predicted octanol–water partition coefficient (Wildman–Crippen LogP) is 1.69. The number of aromatic nitrogens is 1. The van der Waals surface area contributed by atoms with Gasteiger partial charge in [0.2, 0.25) is 0 Å². The van der Waals surface area contributed by atoms with Crippen LogP contribution in [0.25, 0.3) is 0 Å². The maximum absolute atomic E-state index is 9.97. The van der Waals surface area contributed by atoms with Gasteiger partial charge in [0.15, 0.2) is 0 Å². The molecule has 0 bridgehead atoms. The Hall–Kier alpha value is -0.970. The molecule has 0 saturated heterocycles. The predicted molar refractivity (Wildman–Crippen MR) is 86.3 cm³/mol. The van der Waals surface area contributed by atoms with Gasteiger partial charge in [-0.05, 0) is 37.9 Å². The zero-order valence-electron chi connectivity index (χ0n) is 13.5. The van der Waals surface area contributed by atoms with E-state index in [-0.39, 0.29) is 12.1 Å². The first-order valence-corrected chi connectivity index (χ1v) is 8.03. The lowest BCUT2D eigenvalue weighted by Gasteiger charge is -2.38. The molecule has 1 aromatic heterocycles. The lowest BCUT2D eigenvalue weighted by molar-refractivity contribution is 0.0936. The van der Waals surface area contributed by atoms with Gasteiger partial charge in [-0.15, -0.1) is 0 Å². The number of nitrogens with one attached hydrogen (secondary N) is 1. The molecular weight excluding hydrogens is 262 g/mol. The Labute approximate surface area is 128 Å². The summed E-state index contributed by atoms with van der Waals surface area (Å²) in [5.74, 6) is 0.613. The van der Waals surface area contributed by atoms with E-state index in [1.807, 2.05) is 18.3 Å². The first-order valence-electron chi connectivity index (χ1n) is 8.03. The fourth-order valence-electron chi connectivity index (χ4n) is 3.14. The van der Waals surface area contributed by atoms with Crippen molar-refractivity contribution in [3.8, 4) is 0 Å². The average Bonchev–Trinajstić information content (AvgIpc) is 3.30. The van der Waals surface area contributed by atoms with Crippen molar-refractivity contribution in [1.82, 2.24) is 15.2 Å². The van der Waals surface area contributed by atoms with Crippen molar-refractivity contribution >= 4 is 0 Å². The highest BCUT2D eigenvalue weighted by Gasteiger charge is 2.45. The second-order valence-corrected chi connectivity index (χ2v) is 6.70. The maximum atomic E-state index is 9.97. The SMILES string of the molecule is CC(C)NC(CO)(CN(C)CCc1ccccn1)C1CC1. The third kappa shape index (κ3) is 4.77. The van der Waals surface area contributed by atoms with Gasteiger partial charge in [-0.1, -0.05) is 19.9 Å². The van der Waals surface area contributed by atoms with E-state index in [1.54, 1.807) is 0 Å². The van der Waals surface area contributed by atoms with Crippen LogP contribution >= 0.6 is 0 Å². The number of rotatable bonds is 9. The molecule has 1 fully saturated rings. The van der Waals surface area contributed by atoms with Gasteiger partial charge in [0.05, 0.1) is 12.1 Å². The van der Waals surface area contributed by atoms with Crippen LogP contribution in [0.2, 0.25) is 0 Å². The Morgan fingerprint density at radius 3 is 2.71 bits per heavy atom. The molecule has 21 heavy (non-hydrogen) atoms. The highest BCUT2D eigenvalue weighted by Crippen LogP contribution is 2.40. The molecular formula is C17H29N3O. The summed E-state index contributed by atoms with van der Waals surface area (Å²) < 4.78 is 0. The van der Waals surface area contributed by atoms with E-state index in [0.717, 1.165) is 25.2 Å². The molecule has 4 heteroatoms. The van der Waals surface area contributed by atoms with Crippen LogP contribution in [0.4, 0.5) is 0 Å². The number of nitrogens with zero attached hydrogens (tertiary/aromatic N) is 2. The van der Waals surface area contributed by atoms with Gasteiger partial charge in [0, 0.05) is 37.4 Å². The molecule has 0 aromatic carbocycles. The molecule has 1 saturated carbocycles. The van der Waals surface area contributed by atoms with Gasteiger partial charge in [0.25, 0.3) is 0 Å². The van der Waals surface area contributed by atoms with Crippen molar-refractivity contribution < 1.29 is 5.11 Å². The zero-order chi connectivity index (χ0) is 15.3. The van der Waals surface area contributed by atoms with Gasteiger partial charge >= 0.3 is 0 Å². The summed E-state index contributed by atoms with van der Waals surface area (Å²) >= 11 is 0. The molecule has 2 rings (SSSR count). The molecule has 1 heterocycles. The van der Waals surface area contributed by atoms with Crippen LogP contribution < -0.4 is 5.32 Å². The minimum atomic E-state index is -0.146. The summed E-state index contributed by atoms with van der Waals surface area (Å²) in [5, 5.41) is 13.6. The quantitative estimate of drug-likeness (QED) is 0.727. The molecule has 118 valence electrons. The van der Waals surface area contributed by atoms with Crippen molar-refractivity contribution in [2.75, 3.05) is 26.7 Å². The third-order valence-corrected chi connectivity index (χ3v) is 4.24. The van der Waals surface area contributed by atoms with Gasteiger partial charge in [0.1, 0.15) is 0 Å². The van der Waals surface area contributed by atoms with Gasteiger partial charge in [-0.25, -0.2) is 0 Å². The summed E-state index contributed by atoms with van der Waals surface area (Å²) in [4.78, 5) is 6.69. The highest BCUT2D eigenvalue weighted by molar-refractivity contribution is 5.05. The first kappa shape index (κ1) is 16.4. The van der Waals surface area contributed by atoms with Gasteiger partial charge in [-0.3, -0.25) is 4.98 Å². The molecule has 2 N–H and O–H groups in total. The molecule has 1 unspecified atom stereocenters. The third-order valence-electron chi connectivity index (χ3n) is 4.24. The van der Waals surface area contributed by atoms with E-state index in [9.17, 15) is 5.11 Å². The number of pyridine rings is 1. The molecule has 0 radical (unpaired) electrons. The minimum absolute atomic E-state index is 0.146. The van der Waals surface area contributed by atoms with Gasteiger partial charge in [-0.2, -0.15) is 0 Å². The van der Waals surface area contributed by atoms with Crippen LogP contribution in [0.3, 0.4) is 0 Å². The second-order valence-electron chi connectivity index (χ2n) is 6.70. The lowest BCUT2D eigenvalue weighted by Crippen LogP contribution is -2.59. The van der Waals surface area contributed by atoms with Crippen molar-refractivity contribution in [1.29, 1.82) is 0 Å². The van der Waals surface area contributed by atoms with Crippen molar-refractivity contribution in [3.05, 3.63) is 30.1 Å². The standard InChI is InChI=1S/C17H29N3O/c1-14(2)19-17(13-21,15-7-8-15)12-20(3)11-9-16-6-4-5-10-18-16/h4-6,10,14-15,19,21H,7-9,11-13H2,1-3H3. The normalized spacial score (nSPS) is 18.2. The molecule has 1 atom stereocenters. The number of hydrogen-bond donors (Lipinski definition) is 2. The number of hydrogen-bond acceptors (Lipinski definition) is 4. The van der Waals surface area contributed by atoms with Gasteiger partial charge < -0.3 is 15.3 Å². The molecule has 0 aliphatic heterocycles. The molecule has 1 aromatic rings. The van der Waals surface area contributed by atoms with E-state index >= 15 is 0 Å². The average molecular weight is 291 g/mol. The summed E-state index contributed by atoms with van der Waals surface area (Å²) in [6.45, 7) is 6.37. The molecule has 0 spiro atoms. The number of aliphatic hydroxyl groups excluding tert-OH is 1. The Morgan fingerprint density at radius 1 is 1.43 bits per heavy atom. The Bertz CT molecular complexity index is 419. The van der Waals surface area contributed by atoms with Crippen molar-refractivity contribution in [2.24, 2.45) is 5.92 Å². The van der Waals surface area contributed by atoms with Crippen molar-refractivity contribution in [2.45, 2.75) is 44.7 Å². The largest absolute Gasteiger partial charge is 0.394 e. The minimum Gasteiger partial charge on any atom is -0.394 e. The van der Waals surface area contributed by atoms with Crippen LogP contribution in [-0.4, -0.2) is 53.3 Å². The van der Waals surface area contributed by atoms with Crippen LogP contribution in [0.1, 0.15) is 32.4 Å². The summed E-state index contributed by atoms with van der Waals surface area (Å²) in [5.41, 5.74) is 0.981. The topological polar surface area (TPSA) is 48.4 Å². The van der Waals surface area contributed by atoms with E-state index < -0.39 is 0 Å². The smallest absolute Gasteiger partial charge is 0.0628 e. The van der Waals surface area contributed by atoms with Crippen LogP contribution in [0.15, 0.2) is 24.4 Å². The van der Waals surface area contributed by atoms with Crippen LogP contribution in [-0.2, 0) is 6.42 Å². The Balaban J connectivity index is 1.90. The fourth-order valence-corrected chi connectivity index (χ4v) is 3.14. The lowest BCUT2D eigenvalue weighted by atomic mass is 9.92.